The predicted molar refractivity (Wildman–Crippen MR) is 65.9 cm³/mol. The van der Waals surface area contributed by atoms with Gasteiger partial charge in [0, 0.05) is 6.04 Å². The molecule has 1 aromatic carbocycles. The highest BCUT2D eigenvalue weighted by molar-refractivity contribution is 5.46. The van der Waals surface area contributed by atoms with Gasteiger partial charge in [0.2, 0.25) is 0 Å². The number of halogens is 2. The molecule has 3 atom stereocenters. The molecule has 17 heavy (non-hydrogen) atoms. The summed E-state index contributed by atoms with van der Waals surface area (Å²) in [6, 6.07) is 4.53. The summed E-state index contributed by atoms with van der Waals surface area (Å²) in [6.45, 7) is 4.40. The van der Waals surface area contributed by atoms with Gasteiger partial charge in [0.05, 0.1) is 5.69 Å². The Labute approximate surface area is 101 Å². The fraction of sp³-hybridized carbons (Fsp3) is 0.571. The molecule has 1 nitrogen and oxygen atoms in total. The van der Waals surface area contributed by atoms with Crippen LogP contribution in [0.2, 0.25) is 0 Å². The highest BCUT2D eigenvalue weighted by atomic mass is 19.2. The van der Waals surface area contributed by atoms with Gasteiger partial charge in [0.25, 0.3) is 0 Å². The maximum absolute atomic E-state index is 13.5. The molecule has 94 valence electrons. The van der Waals surface area contributed by atoms with E-state index >= 15 is 0 Å². The van der Waals surface area contributed by atoms with Gasteiger partial charge in [-0.3, -0.25) is 0 Å². The quantitative estimate of drug-likeness (QED) is 0.815. The van der Waals surface area contributed by atoms with E-state index in [1.54, 1.807) is 6.07 Å². The molecular weight excluding hydrogens is 220 g/mol. The normalized spacial score (nSPS) is 29.1. The van der Waals surface area contributed by atoms with Crippen LogP contribution in [0.1, 0.15) is 33.1 Å². The van der Waals surface area contributed by atoms with E-state index in [1.807, 2.05) is 0 Å². The molecule has 3 unspecified atom stereocenters. The van der Waals surface area contributed by atoms with Gasteiger partial charge in [-0.1, -0.05) is 32.8 Å². The first-order chi connectivity index (χ1) is 8.09. The minimum Gasteiger partial charge on any atom is -0.380 e. The van der Waals surface area contributed by atoms with Crippen LogP contribution in [0.4, 0.5) is 14.5 Å². The molecular formula is C14H19F2N. The van der Waals surface area contributed by atoms with Gasteiger partial charge in [-0.2, -0.15) is 0 Å². The van der Waals surface area contributed by atoms with Crippen molar-refractivity contribution < 1.29 is 8.78 Å². The largest absolute Gasteiger partial charge is 0.380 e. The van der Waals surface area contributed by atoms with Crippen molar-refractivity contribution in [1.29, 1.82) is 0 Å². The molecule has 0 aliphatic heterocycles. The van der Waals surface area contributed by atoms with E-state index in [0.29, 0.717) is 11.8 Å². The molecule has 1 N–H and O–H groups in total. The smallest absolute Gasteiger partial charge is 0.181 e. The number of rotatable bonds is 2. The Kier molecular flexibility index (Phi) is 3.65. The fourth-order valence-electron chi connectivity index (χ4n) is 2.60. The molecule has 1 aliphatic rings. The van der Waals surface area contributed by atoms with E-state index in [0.717, 1.165) is 18.9 Å². The lowest BCUT2D eigenvalue weighted by atomic mass is 9.78. The molecule has 1 fully saturated rings. The Morgan fingerprint density at radius 3 is 2.71 bits per heavy atom. The lowest BCUT2D eigenvalue weighted by Gasteiger charge is -2.35. The highest BCUT2D eigenvalue weighted by Gasteiger charge is 2.27. The van der Waals surface area contributed by atoms with Crippen LogP contribution in [0.15, 0.2) is 18.2 Å². The molecule has 1 aliphatic carbocycles. The first-order valence-corrected chi connectivity index (χ1v) is 6.30. The zero-order valence-electron chi connectivity index (χ0n) is 10.3. The summed E-state index contributed by atoms with van der Waals surface area (Å²) >= 11 is 0. The van der Waals surface area contributed by atoms with E-state index in [2.05, 4.69) is 19.2 Å². The van der Waals surface area contributed by atoms with Gasteiger partial charge in [0.1, 0.15) is 0 Å². The van der Waals surface area contributed by atoms with Crippen LogP contribution in [0.3, 0.4) is 0 Å². The van der Waals surface area contributed by atoms with Gasteiger partial charge < -0.3 is 5.32 Å². The van der Waals surface area contributed by atoms with Crippen molar-refractivity contribution in [3.63, 3.8) is 0 Å². The van der Waals surface area contributed by atoms with Gasteiger partial charge in [0.15, 0.2) is 11.6 Å². The van der Waals surface area contributed by atoms with E-state index in [-0.39, 0.29) is 11.7 Å². The molecule has 2 rings (SSSR count). The van der Waals surface area contributed by atoms with Crippen LogP contribution in [0.25, 0.3) is 0 Å². The van der Waals surface area contributed by atoms with Gasteiger partial charge >= 0.3 is 0 Å². The SMILES string of the molecule is CC1CCCC(Nc2cccc(F)c2F)C1C. The molecule has 0 amide bonds. The van der Waals surface area contributed by atoms with Crippen molar-refractivity contribution in [2.75, 3.05) is 5.32 Å². The molecule has 0 aromatic heterocycles. The van der Waals surface area contributed by atoms with Crippen molar-refractivity contribution in [2.45, 2.75) is 39.2 Å². The van der Waals surface area contributed by atoms with Crippen molar-refractivity contribution in [3.8, 4) is 0 Å². The second-order valence-corrected chi connectivity index (χ2v) is 5.12. The number of anilines is 1. The standard InChI is InChI=1S/C14H19F2N/c1-9-5-3-7-12(10(9)2)17-13-8-4-6-11(15)14(13)16/h4,6,8-10,12,17H,3,5,7H2,1-2H3. The molecule has 0 radical (unpaired) electrons. The summed E-state index contributed by atoms with van der Waals surface area (Å²) in [6.07, 6.45) is 3.41. The third-order valence-corrected chi connectivity index (χ3v) is 4.00. The molecule has 0 saturated heterocycles. The lowest BCUT2D eigenvalue weighted by Crippen LogP contribution is -2.35. The molecule has 1 saturated carbocycles. The number of benzene rings is 1. The first-order valence-electron chi connectivity index (χ1n) is 6.30. The molecule has 0 heterocycles. The van der Waals surface area contributed by atoms with Gasteiger partial charge in [-0.25, -0.2) is 8.78 Å². The highest BCUT2D eigenvalue weighted by Crippen LogP contribution is 2.32. The fourth-order valence-corrected chi connectivity index (χ4v) is 2.60. The first kappa shape index (κ1) is 12.3. The minimum absolute atomic E-state index is 0.245. The Bertz CT molecular complexity index is 392. The van der Waals surface area contributed by atoms with Crippen molar-refractivity contribution >= 4 is 5.69 Å². The van der Waals surface area contributed by atoms with E-state index in [9.17, 15) is 8.78 Å². The molecule has 3 heteroatoms. The predicted octanol–water partition coefficient (Wildman–Crippen LogP) is 4.20. The summed E-state index contributed by atoms with van der Waals surface area (Å²) in [5.41, 5.74) is 0.288. The second kappa shape index (κ2) is 5.03. The average Bonchev–Trinajstić information content (AvgIpc) is 2.31. The monoisotopic (exact) mass is 239 g/mol. The topological polar surface area (TPSA) is 12.0 Å². The number of hydrogen-bond acceptors (Lipinski definition) is 1. The van der Waals surface area contributed by atoms with Crippen molar-refractivity contribution in [3.05, 3.63) is 29.8 Å². The summed E-state index contributed by atoms with van der Waals surface area (Å²) in [4.78, 5) is 0. The summed E-state index contributed by atoms with van der Waals surface area (Å²) in [5, 5.41) is 3.16. The van der Waals surface area contributed by atoms with E-state index in [4.69, 9.17) is 0 Å². The third kappa shape index (κ3) is 2.59. The van der Waals surface area contributed by atoms with Gasteiger partial charge in [-0.15, -0.1) is 0 Å². The Balaban J connectivity index is 2.12. The van der Waals surface area contributed by atoms with Crippen molar-refractivity contribution in [2.24, 2.45) is 11.8 Å². The molecule has 1 aromatic rings. The van der Waals surface area contributed by atoms with Crippen LogP contribution < -0.4 is 5.32 Å². The van der Waals surface area contributed by atoms with Crippen LogP contribution in [-0.2, 0) is 0 Å². The van der Waals surface area contributed by atoms with Crippen LogP contribution in [-0.4, -0.2) is 6.04 Å². The Hall–Kier alpha value is -1.12. The maximum atomic E-state index is 13.5. The van der Waals surface area contributed by atoms with Crippen molar-refractivity contribution in [1.82, 2.24) is 0 Å². The van der Waals surface area contributed by atoms with E-state index in [1.165, 1.54) is 12.5 Å². The molecule has 0 spiro atoms. The second-order valence-electron chi connectivity index (χ2n) is 5.12. The van der Waals surface area contributed by atoms with Gasteiger partial charge in [-0.05, 0) is 30.4 Å². The summed E-state index contributed by atoms with van der Waals surface area (Å²) < 4.78 is 26.6. The Morgan fingerprint density at radius 2 is 1.94 bits per heavy atom. The van der Waals surface area contributed by atoms with Crippen LogP contribution in [0.5, 0.6) is 0 Å². The van der Waals surface area contributed by atoms with Crippen LogP contribution >= 0.6 is 0 Å². The third-order valence-electron chi connectivity index (χ3n) is 4.00. The zero-order chi connectivity index (χ0) is 12.4. The maximum Gasteiger partial charge on any atom is 0.181 e. The van der Waals surface area contributed by atoms with Crippen LogP contribution in [0, 0.1) is 23.5 Å². The number of nitrogens with one attached hydrogen (secondary N) is 1. The minimum atomic E-state index is -0.786. The molecule has 0 bridgehead atoms. The average molecular weight is 239 g/mol. The number of hydrogen-bond donors (Lipinski definition) is 1. The summed E-state index contributed by atoms with van der Waals surface area (Å²) in [7, 11) is 0. The Morgan fingerprint density at radius 1 is 1.18 bits per heavy atom. The summed E-state index contributed by atoms with van der Waals surface area (Å²) in [5.74, 6) is -0.422. The van der Waals surface area contributed by atoms with E-state index < -0.39 is 11.6 Å². The zero-order valence-corrected chi connectivity index (χ0v) is 10.3. The lowest BCUT2D eigenvalue weighted by molar-refractivity contribution is 0.252.